The molecule has 1 aromatic rings. The Kier molecular flexibility index (Phi) is 7.10. The first-order chi connectivity index (χ1) is 11.1. The number of hydrogen-bond acceptors (Lipinski definition) is 3. The monoisotopic (exact) mass is 377 g/mol. The molecule has 5 nitrogen and oxygen atoms in total. The van der Waals surface area contributed by atoms with Crippen molar-refractivity contribution in [2.75, 3.05) is 39.3 Å². The number of carbonyl (C=O) groups is 1. The van der Waals surface area contributed by atoms with Gasteiger partial charge >= 0.3 is 6.03 Å². The molecule has 2 N–H and O–H groups in total. The molecule has 24 heavy (non-hydrogen) atoms. The van der Waals surface area contributed by atoms with Gasteiger partial charge in [0.1, 0.15) is 5.82 Å². The van der Waals surface area contributed by atoms with Gasteiger partial charge in [-0.15, -0.1) is 12.4 Å². The largest absolute Gasteiger partial charge is 0.372 e. The summed E-state index contributed by atoms with van der Waals surface area (Å²) in [5.74, 6) is -0.388. The van der Waals surface area contributed by atoms with Crippen LogP contribution in [0.1, 0.15) is 18.1 Å². The average Bonchev–Trinajstić information content (AvgIpc) is 2.78. The normalized spacial score (nSPS) is 24.8. The van der Waals surface area contributed by atoms with Crippen LogP contribution in [0.4, 0.5) is 9.18 Å². The molecule has 3 rings (SSSR count). The van der Waals surface area contributed by atoms with Crippen LogP contribution in [0.2, 0.25) is 5.02 Å². The van der Waals surface area contributed by atoms with E-state index in [9.17, 15) is 9.18 Å². The SMILES string of the molecule is Cl.O=C1NCCCN1C[C@@H]1CNCCO[C@H]1c1ccc(Cl)c(F)c1. The van der Waals surface area contributed by atoms with Gasteiger partial charge in [-0.05, 0) is 24.1 Å². The van der Waals surface area contributed by atoms with Gasteiger partial charge in [-0.1, -0.05) is 17.7 Å². The lowest BCUT2D eigenvalue weighted by Crippen LogP contribution is -2.49. The van der Waals surface area contributed by atoms with Crippen LogP contribution in [0, 0.1) is 11.7 Å². The van der Waals surface area contributed by atoms with Crippen molar-refractivity contribution in [3.8, 4) is 0 Å². The molecular weight excluding hydrogens is 356 g/mol. The summed E-state index contributed by atoms with van der Waals surface area (Å²) >= 11 is 5.77. The molecule has 0 aromatic heterocycles. The number of benzene rings is 1. The highest BCUT2D eigenvalue weighted by atomic mass is 35.5. The van der Waals surface area contributed by atoms with Crippen LogP contribution in [0.15, 0.2) is 18.2 Å². The molecule has 2 aliphatic rings. The number of nitrogens with zero attached hydrogens (tertiary/aromatic N) is 1. The van der Waals surface area contributed by atoms with Gasteiger partial charge in [-0.2, -0.15) is 0 Å². The Balaban J connectivity index is 0.00000208. The number of nitrogens with one attached hydrogen (secondary N) is 2. The van der Waals surface area contributed by atoms with E-state index in [4.69, 9.17) is 16.3 Å². The summed E-state index contributed by atoms with van der Waals surface area (Å²) < 4.78 is 19.7. The zero-order valence-electron chi connectivity index (χ0n) is 13.3. The first-order valence-electron chi connectivity index (χ1n) is 7.95. The lowest BCUT2D eigenvalue weighted by Gasteiger charge is -2.33. The van der Waals surface area contributed by atoms with E-state index in [2.05, 4.69) is 10.6 Å². The minimum atomic E-state index is -0.445. The molecule has 0 aliphatic carbocycles. The van der Waals surface area contributed by atoms with Crippen molar-refractivity contribution in [3.63, 3.8) is 0 Å². The number of carbonyl (C=O) groups excluding carboxylic acids is 1. The van der Waals surface area contributed by atoms with Crippen LogP contribution in [0.25, 0.3) is 0 Å². The summed E-state index contributed by atoms with van der Waals surface area (Å²) in [6, 6.07) is 4.74. The second-order valence-corrected chi connectivity index (χ2v) is 6.37. The Bertz CT molecular complexity index is 576. The first kappa shape index (κ1) is 19.2. The summed E-state index contributed by atoms with van der Waals surface area (Å²) in [5.41, 5.74) is 0.762. The smallest absolute Gasteiger partial charge is 0.317 e. The molecule has 0 bridgehead atoms. The Morgan fingerprint density at radius 2 is 2.21 bits per heavy atom. The van der Waals surface area contributed by atoms with Crippen molar-refractivity contribution in [3.05, 3.63) is 34.6 Å². The zero-order chi connectivity index (χ0) is 16.2. The molecule has 2 saturated heterocycles. The molecule has 2 aliphatic heterocycles. The predicted octanol–water partition coefficient (Wildman–Crippen LogP) is 2.59. The molecule has 1 aromatic carbocycles. The highest BCUT2D eigenvalue weighted by Crippen LogP contribution is 2.30. The maximum Gasteiger partial charge on any atom is 0.317 e. The minimum Gasteiger partial charge on any atom is -0.372 e. The third kappa shape index (κ3) is 4.51. The third-order valence-electron chi connectivity index (χ3n) is 4.31. The van der Waals surface area contributed by atoms with Crippen LogP contribution >= 0.6 is 24.0 Å². The number of halogens is 3. The number of urea groups is 1. The van der Waals surface area contributed by atoms with Gasteiger partial charge < -0.3 is 20.3 Å². The van der Waals surface area contributed by atoms with E-state index < -0.39 is 5.82 Å². The van der Waals surface area contributed by atoms with Gasteiger partial charge in [0.05, 0.1) is 17.7 Å². The van der Waals surface area contributed by atoms with Crippen LogP contribution < -0.4 is 10.6 Å². The van der Waals surface area contributed by atoms with Crippen molar-refractivity contribution >= 4 is 30.0 Å². The fraction of sp³-hybridized carbons (Fsp3) is 0.562. The van der Waals surface area contributed by atoms with E-state index in [0.717, 1.165) is 38.2 Å². The van der Waals surface area contributed by atoms with E-state index >= 15 is 0 Å². The Hall–Kier alpha value is -1.08. The molecular formula is C16H22Cl2FN3O2. The van der Waals surface area contributed by atoms with Crippen molar-refractivity contribution < 1.29 is 13.9 Å². The number of rotatable bonds is 3. The van der Waals surface area contributed by atoms with Gasteiger partial charge in [-0.25, -0.2) is 9.18 Å². The topological polar surface area (TPSA) is 53.6 Å². The molecule has 2 amide bonds. The maximum atomic E-state index is 13.8. The second-order valence-electron chi connectivity index (χ2n) is 5.96. The molecule has 0 radical (unpaired) electrons. The van der Waals surface area contributed by atoms with Crippen LogP contribution in [-0.4, -0.2) is 50.3 Å². The maximum absolute atomic E-state index is 13.8. The lowest BCUT2D eigenvalue weighted by atomic mass is 9.94. The van der Waals surface area contributed by atoms with Crippen molar-refractivity contribution in [2.24, 2.45) is 5.92 Å². The van der Waals surface area contributed by atoms with Crippen LogP contribution in [-0.2, 0) is 4.74 Å². The number of hydrogen-bond donors (Lipinski definition) is 2. The minimum absolute atomic E-state index is 0. The summed E-state index contributed by atoms with van der Waals surface area (Å²) in [4.78, 5) is 13.8. The molecule has 134 valence electrons. The highest BCUT2D eigenvalue weighted by Gasteiger charge is 2.30. The van der Waals surface area contributed by atoms with E-state index in [0.29, 0.717) is 13.2 Å². The van der Waals surface area contributed by atoms with Crippen LogP contribution in [0.5, 0.6) is 0 Å². The van der Waals surface area contributed by atoms with Crippen molar-refractivity contribution in [1.82, 2.24) is 15.5 Å². The standard InChI is InChI=1S/C16H21ClFN3O2.ClH/c17-13-3-2-11(8-14(13)18)15-12(9-19-5-7-23-15)10-21-6-1-4-20-16(21)22;/h2-3,8,12,15,19H,1,4-7,9-10H2,(H,20,22);1H/t12-,15-;/m0./s1. The molecule has 0 spiro atoms. The molecule has 0 saturated carbocycles. The molecule has 2 fully saturated rings. The quantitative estimate of drug-likeness (QED) is 0.850. The van der Waals surface area contributed by atoms with Gasteiger partial charge in [0.15, 0.2) is 0 Å². The van der Waals surface area contributed by atoms with Crippen LogP contribution in [0.3, 0.4) is 0 Å². The van der Waals surface area contributed by atoms with Crippen molar-refractivity contribution in [1.29, 1.82) is 0 Å². The average molecular weight is 378 g/mol. The fourth-order valence-electron chi connectivity index (χ4n) is 3.14. The zero-order valence-corrected chi connectivity index (χ0v) is 14.8. The second kappa shape index (κ2) is 8.85. The predicted molar refractivity (Wildman–Crippen MR) is 93.3 cm³/mol. The first-order valence-corrected chi connectivity index (χ1v) is 8.33. The van der Waals surface area contributed by atoms with Gasteiger partial charge in [0.2, 0.25) is 0 Å². The van der Waals surface area contributed by atoms with E-state index in [1.165, 1.54) is 6.07 Å². The molecule has 0 unspecified atom stereocenters. The number of amides is 2. The fourth-order valence-corrected chi connectivity index (χ4v) is 3.26. The summed E-state index contributed by atoms with van der Waals surface area (Å²) in [5, 5.41) is 6.29. The Morgan fingerprint density at radius 1 is 1.38 bits per heavy atom. The van der Waals surface area contributed by atoms with E-state index in [-0.39, 0.29) is 35.5 Å². The number of ether oxygens (including phenoxy) is 1. The highest BCUT2D eigenvalue weighted by molar-refractivity contribution is 6.30. The van der Waals surface area contributed by atoms with E-state index in [1.54, 1.807) is 12.1 Å². The summed E-state index contributed by atoms with van der Waals surface area (Å²) in [7, 11) is 0. The molecule has 8 heteroatoms. The van der Waals surface area contributed by atoms with Crippen molar-refractivity contribution in [2.45, 2.75) is 12.5 Å². The van der Waals surface area contributed by atoms with Gasteiger partial charge in [0.25, 0.3) is 0 Å². The van der Waals surface area contributed by atoms with Gasteiger partial charge in [-0.3, -0.25) is 0 Å². The molecule has 2 atom stereocenters. The summed E-state index contributed by atoms with van der Waals surface area (Å²) in [6.45, 7) is 4.06. The van der Waals surface area contributed by atoms with Gasteiger partial charge in [0, 0.05) is 38.6 Å². The lowest BCUT2D eigenvalue weighted by molar-refractivity contribution is 0.0209. The Labute approximate surface area is 152 Å². The Morgan fingerprint density at radius 3 is 2.96 bits per heavy atom. The summed E-state index contributed by atoms with van der Waals surface area (Å²) in [6.07, 6.45) is 0.680. The van der Waals surface area contributed by atoms with E-state index in [1.807, 2.05) is 4.90 Å². The third-order valence-corrected chi connectivity index (χ3v) is 4.61. The molecule has 2 heterocycles.